The number of hydrogen-bond acceptors (Lipinski definition) is 5. The van der Waals surface area contributed by atoms with Crippen LogP contribution in [0.4, 0.5) is 23.1 Å². The molecule has 1 aliphatic rings. The molecule has 2 unspecified atom stereocenters. The first kappa shape index (κ1) is 15.0. The van der Waals surface area contributed by atoms with Gasteiger partial charge >= 0.3 is 12.2 Å². The highest BCUT2D eigenvalue weighted by Gasteiger charge is 2.46. The van der Waals surface area contributed by atoms with Gasteiger partial charge in [0.05, 0.1) is 6.20 Å². The molecular formula is C10H12F3N3O3S. The topological polar surface area (TPSA) is 65.9 Å². The number of ether oxygens (including phenoxy) is 1. The molecule has 1 aromatic rings. The summed E-state index contributed by atoms with van der Waals surface area (Å²) in [5.74, 6) is 0. The summed E-state index contributed by atoms with van der Waals surface area (Å²) in [6.45, 7) is 1.93. The predicted molar refractivity (Wildman–Crippen MR) is 64.2 cm³/mol. The molecule has 0 spiro atoms. The molecule has 2 heterocycles. The lowest BCUT2D eigenvalue weighted by Gasteiger charge is -2.20. The molecule has 0 bridgehead atoms. The summed E-state index contributed by atoms with van der Waals surface area (Å²) in [6, 6.07) is -0.668. The number of aromatic nitrogens is 1. The largest absolute Gasteiger partial charge is 0.427 e. The summed E-state index contributed by atoms with van der Waals surface area (Å²) in [5.41, 5.74) is 0. The monoisotopic (exact) mass is 311 g/mol. The molecule has 1 aliphatic heterocycles. The van der Waals surface area contributed by atoms with Gasteiger partial charge in [0.25, 0.3) is 0 Å². The summed E-state index contributed by atoms with van der Waals surface area (Å²) < 4.78 is 42.8. The molecule has 1 N–H and O–H groups in total. The number of halogens is 3. The van der Waals surface area contributed by atoms with E-state index in [1.54, 1.807) is 6.92 Å². The number of thiazole rings is 1. The van der Waals surface area contributed by atoms with Gasteiger partial charge in [0.1, 0.15) is 4.88 Å². The fourth-order valence-corrected chi connectivity index (χ4v) is 2.60. The van der Waals surface area contributed by atoms with E-state index in [0.717, 1.165) is 9.80 Å². The summed E-state index contributed by atoms with van der Waals surface area (Å²) in [4.78, 5) is 16.5. The molecule has 2 atom stereocenters. The van der Waals surface area contributed by atoms with Crippen LogP contribution < -0.4 is 4.90 Å². The molecule has 2 rings (SSSR count). The van der Waals surface area contributed by atoms with Crippen LogP contribution in [0.2, 0.25) is 0 Å². The first-order chi connectivity index (χ1) is 9.27. The van der Waals surface area contributed by atoms with Gasteiger partial charge in [0.2, 0.25) is 0 Å². The molecule has 1 fully saturated rings. The number of rotatable bonds is 3. The van der Waals surface area contributed by atoms with Crippen LogP contribution in [0, 0.1) is 0 Å². The number of urea groups is 1. The third-order valence-electron chi connectivity index (χ3n) is 2.73. The van der Waals surface area contributed by atoms with Crippen LogP contribution in [0.1, 0.15) is 11.8 Å². The Kier molecular flexibility index (Phi) is 3.89. The van der Waals surface area contributed by atoms with Gasteiger partial charge in [-0.25, -0.2) is 14.7 Å². The Morgan fingerprint density at radius 1 is 1.55 bits per heavy atom. The van der Waals surface area contributed by atoms with Crippen LogP contribution in [0.25, 0.3) is 0 Å². The van der Waals surface area contributed by atoms with E-state index in [4.69, 9.17) is 4.74 Å². The Morgan fingerprint density at radius 2 is 2.20 bits per heavy atom. The van der Waals surface area contributed by atoms with Crippen LogP contribution >= 0.6 is 11.3 Å². The Balaban J connectivity index is 2.28. The molecule has 10 heteroatoms. The van der Waals surface area contributed by atoms with Crippen molar-refractivity contribution in [1.82, 2.24) is 9.88 Å². The van der Waals surface area contributed by atoms with Crippen molar-refractivity contribution in [2.24, 2.45) is 0 Å². The molecule has 0 radical (unpaired) electrons. The number of carbonyl (C=O) groups is 1. The third-order valence-corrected chi connectivity index (χ3v) is 3.77. The maximum Gasteiger partial charge on any atom is 0.427 e. The third kappa shape index (κ3) is 2.45. The van der Waals surface area contributed by atoms with Gasteiger partial charge in [-0.2, -0.15) is 13.2 Å². The molecule has 1 saturated heterocycles. The first-order valence-electron chi connectivity index (χ1n) is 5.66. The number of hydrogen-bond donors (Lipinski definition) is 1. The Morgan fingerprint density at radius 3 is 2.70 bits per heavy atom. The van der Waals surface area contributed by atoms with Crippen LogP contribution in [0.3, 0.4) is 0 Å². The zero-order valence-electron chi connectivity index (χ0n) is 10.6. The highest BCUT2D eigenvalue weighted by atomic mass is 32.1. The second-order valence-electron chi connectivity index (χ2n) is 4.03. The van der Waals surface area contributed by atoms with E-state index in [1.807, 2.05) is 0 Å². The van der Waals surface area contributed by atoms with Gasteiger partial charge in [-0.05, 0) is 6.92 Å². The smallest absolute Gasteiger partial charge is 0.369 e. The second kappa shape index (κ2) is 5.19. The lowest BCUT2D eigenvalue weighted by Crippen LogP contribution is -2.38. The van der Waals surface area contributed by atoms with Crippen molar-refractivity contribution in [3.8, 4) is 0 Å². The van der Waals surface area contributed by atoms with Crippen LogP contribution in [0.15, 0.2) is 6.20 Å². The minimum absolute atomic E-state index is 0.219. The van der Waals surface area contributed by atoms with Crippen molar-refractivity contribution in [1.29, 1.82) is 0 Å². The highest BCUT2D eigenvalue weighted by molar-refractivity contribution is 7.15. The summed E-state index contributed by atoms with van der Waals surface area (Å²) in [7, 11) is 1.39. The zero-order chi connectivity index (χ0) is 15.1. The zero-order valence-corrected chi connectivity index (χ0v) is 11.4. The van der Waals surface area contributed by atoms with Crippen molar-refractivity contribution in [2.45, 2.75) is 25.6 Å². The fraction of sp³-hybridized carbons (Fsp3) is 0.600. The number of carbonyl (C=O) groups excluding carboxylic acids is 1. The molecule has 112 valence electrons. The lowest BCUT2D eigenvalue weighted by molar-refractivity contribution is -0.134. The Bertz CT molecular complexity index is 507. The molecule has 2 amide bonds. The minimum Gasteiger partial charge on any atom is -0.369 e. The number of likely N-dealkylation sites (N-methyl/N-ethyl adjacent to an activating group) is 1. The van der Waals surface area contributed by atoms with E-state index in [-0.39, 0.29) is 11.7 Å². The van der Waals surface area contributed by atoms with Gasteiger partial charge < -0.3 is 9.84 Å². The van der Waals surface area contributed by atoms with Crippen LogP contribution in [-0.2, 0) is 10.9 Å². The van der Waals surface area contributed by atoms with Gasteiger partial charge in [-0.1, -0.05) is 11.3 Å². The summed E-state index contributed by atoms with van der Waals surface area (Å²) in [6.07, 6.45) is -6.24. The van der Waals surface area contributed by atoms with Gasteiger partial charge in [-0.15, -0.1) is 0 Å². The maximum absolute atomic E-state index is 12.5. The summed E-state index contributed by atoms with van der Waals surface area (Å²) >= 11 is 0.294. The van der Waals surface area contributed by atoms with E-state index in [9.17, 15) is 23.1 Å². The average molecular weight is 311 g/mol. The van der Waals surface area contributed by atoms with Crippen molar-refractivity contribution < 1.29 is 27.8 Å². The normalized spacial score (nSPS) is 23.8. The standard InChI is InChI=1S/C10H12F3N3O3S/c1-3-19-7-6(17)16(9(18)15(7)2)8-14-4-5(20-8)10(11,12)13/h4,6-7,17H,3H2,1-2H3. The molecule has 0 saturated carbocycles. The quantitative estimate of drug-likeness (QED) is 0.923. The van der Waals surface area contributed by atoms with Crippen LogP contribution in [-0.4, -0.2) is 47.1 Å². The first-order valence-corrected chi connectivity index (χ1v) is 6.47. The van der Waals surface area contributed by atoms with Gasteiger partial charge in [0, 0.05) is 13.7 Å². The predicted octanol–water partition coefficient (Wildman–Crippen LogP) is 1.71. The van der Waals surface area contributed by atoms with Crippen molar-refractivity contribution in [3.63, 3.8) is 0 Å². The lowest BCUT2D eigenvalue weighted by atomic mass is 10.5. The second-order valence-corrected chi connectivity index (χ2v) is 5.04. The van der Waals surface area contributed by atoms with E-state index < -0.39 is 29.5 Å². The number of aliphatic hydroxyl groups excluding tert-OH is 1. The SMILES string of the molecule is CCOC1C(O)N(c2ncc(C(F)(F)F)s2)C(=O)N1C. The average Bonchev–Trinajstić information content (AvgIpc) is 2.90. The molecule has 20 heavy (non-hydrogen) atoms. The fourth-order valence-electron chi connectivity index (χ4n) is 1.79. The number of amides is 2. The van der Waals surface area contributed by atoms with Crippen LogP contribution in [0.5, 0.6) is 0 Å². The van der Waals surface area contributed by atoms with Gasteiger partial charge in [0.15, 0.2) is 17.6 Å². The van der Waals surface area contributed by atoms with Crippen molar-refractivity contribution >= 4 is 22.5 Å². The number of nitrogens with zero attached hydrogens (tertiary/aromatic N) is 3. The molecule has 0 aromatic carbocycles. The summed E-state index contributed by atoms with van der Waals surface area (Å²) in [5, 5.41) is 9.79. The Labute approximate surface area is 116 Å². The van der Waals surface area contributed by atoms with Crippen molar-refractivity contribution in [3.05, 3.63) is 11.1 Å². The van der Waals surface area contributed by atoms with E-state index in [0.29, 0.717) is 17.5 Å². The van der Waals surface area contributed by atoms with Crippen molar-refractivity contribution in [2.75, 3.05) is 18.6 Å². The molecular weight excluding hydrogens is 299 g/mol. The highest BCUT2D eigenvalue weighted by Crippen LogP contribution is 2.38. The van der Waals surface area contributed by atoms with E-state index >= 15 is 0 Å². The number of aliphatic hydroxyl groups is 1. The minimum atomic E-state index is -4.53. The maximum atomic E-state index is 12.5. The number of alkyl halides is 3. The van der Waals surface area contributed by atoms with E-state index in [1.165, 1.54) is 7.05 Å². The number of anilines is 1. The molecule has 0 aliphatic carbocycles. The molecule has 1 aromatic heterocycles. The van der Waals surface area contributed by atoms with E-state index in [2.05, 4.69) is 4.98 Å². The Hall–Kier alpha value is -1.39. The van der Waals surface area contributed by atoms with Gasteiger partial charge in [-0.3, -0.25) is 4.90 Å². The molecule has 6 nitrogen and oxygen atoms in total.